The van der Waals surface area contributed by atoms with Gasteiger partial charge in [-0.05, 0) is 41.8 Å². The molecule has 4 aromatic rings. The summed E-state index contributed by atoms with van der Waals surface area (Å²) in [6.07, 6.45) is 4.32. The highest BCUT2D eigenvalue weighted by molar-refractivity contribution is 7.99. The Morgan fingerprint density at radius 3 is 2.36 bits per heavy atom. The lowest BCUT2D eigenvalue weighted by molar-refractivity contribution is -0.245. The molecular weight excluding hydrogens is 578 g/mol. The van der Waals surface area contributed by atoms with Crippen LogP contribution in [-0.2, 0) is 32.7 Å². The molecule has 0 aliphatic carbocycles. The minimum absolute atomic E-state index is 0.0114. The maximum atomic E-state index is 12.5. The zero-order chi connectivity index (χ0) is 30.9. The number of amides is 2. The molecule has 5 N–H and O–H groups in total. The Morgan fingerprint density at radius 1 is 0.977 bits per heavy atom. The minimum atomic E-state index is -0.597. The third kappa shape index (κ3) is 8.48. The van der Waals surface area contributed by atoms with Crippen molar-refractivity contribution in [3.8, 4) is 0 Å². The Morgan fingerprint density at radius 2 is 1.68 bits per heavy atom. The molecular formula is C33H37N5O5S. The van der Waals surface area contributed by atoms with Gasteiger partial charge >= 0.3 is 0 Å². The van der Waals surface area contributed by atoms with Gasteiger partial charge in [0.1, 0.15) is 0 Å². The second kappa shape index (κ2) is 15.0. The summed E-state index contributed by atoms with van der Waals surface area (Å²) in [5.41, 5.74) is 10.3. The quantitative estimate of drug-likeness (QED) is 0.120. The molecule has 44 heavy (non-hydrogen) atoms. The van der Waals surface area contributed by atoms with Crippen LogP contribution < -0.4 is 16.4 Å². The SMILES string of the molecule is Cn1ccnc1SC[C@@H]1C[C@H](c2ccc(CO)cc2)O[C@H](c2ccc(NC(=O)CCCC(=O)Nc3ccccc3N)cc2)O1. The molecule has 1 aliphatic rings. The van der Waals surface area contributed by atoms with Crippen molar-refractivity contribution in [3.63, 3.8) is 0 Å². The number of aliphatic hydroxyl groups is 1. The van der Waals surface area contributed by atoms with Gasteiger partial charge in [0.15, 0.2) is 11.4 Å². The molecule has 5 rings (SSSR count). The highest BCUT2D eigenvalue weighted by Gasteiger charge is 2.32. The van der Waals surface area contributed by atoms with E-state index in [-0.39, 0.29) is 43.5 Å². The van der Waals surface area contributed by atoms with E-state index in [0.29, 0.717) is 35.7 Å². The van der Waals surface area contributed by atoms with E-state index >= 15 is 0 Å². The molecule has 3 aromatic carbocycles. The molecule has 0 bridgehead atoms. The maximum absolute atomic E-state index is 12.5. The van der Waals surface area contributed by atoms with Crippen molar-refractivity contribution < 1.29 is 24.2 Å². The Kier molecular flexibility index (Phi) is 10.7. The van der Waals surface area contributed by atoms with Crippen molar-refractivity contribution >= 4 is 40.6 Å². The number of hydrogen-bond acceptors (Lipinski definition) is 8. The topological polar surface area (TPSA) is 141 Å². The van der Waals surface area contributed by atoms with Crippen molar-refractivity contribution in [3.05, 3.63) is 102 Å². The molecule has 2 amide bonds. The number of carbonyl (C=O) groups excluding carboxylic acids is 2. The van der Waals surface area contributed by atoms with E-state index in [0.717, 1.165) is 21.8 Å². The number of nitrogens with two attached hydrogens (primary N) is 1. The van der Waals surface area contributed by atoms with Crippen LogP contribution in [0.2, 0.25) is 0 Å². The van der Waals surface area contributed by atoms with Gasteiger partial charge in [-0.15, -0.1) is 0 Å². The van der Waals surface area contributed by atoms with Crippen molar-refractivity contribution in [1.29, 1.82) is 0 Å². The Hall–Kier alpha value is -4.16. The number of nitrogens with one attached hydrogen (secondary N) is 2. The van der Waals surface area contributed by atoms with Crippen LogP contribution in [-0.4, -0.2) is 38.3 Å². The largest absolute Gasteiger partial charge is 0.397 e. The molecule has 10 nitrogen and oxygen atoms in total. The highest BCUT2D eigenvalue weighted by atomic mass is 32.2. The van der Waals surface area contributed by atoms with Crippen LogP contribution in [0.3, 0.4) is 0 Å². The summed E-state index contributed by atoms with van der Waals surface area (Å²) in [5, 5.41) is 16.0. The lowest BCUT2D eigenvalue weighted by Gasteiger charge is -2.36. The zero-order valence-corrected chi connectivity index (χ0v) is 25.3. The Labute approximate surface area is 261 Å². The third-order valence-electron chi connectivity index (χ3n) is 7.30. The fourth-order valence-corrected chi connectivity index (χ4v) is 5.81. The molecule has 0 radical (unpaired) electrons. The first-order valence-electron chi connectivity index (χ1n) is 14.5. The van der Waals surface area contributed by atoms with Gasteiger partial charge < -0.3 is 35.5 Å². The number of aryl methyl sites for hydroxylation is 1. The predicted molar refractivity (Wildman–Crippen MR) is 171 cm³/mol. The molecule has 3 atom stereocenters. The van der Waals surface area contributed by atoms with Crippen molar-refractivity contribution in [1.82, 2.24) is 9.55 Å². The fourth-order valence-electron chi connectivity index (χ4n) is 4.86. The first-order valence-corrected chi connectivity index (χ1v) is 15.5. The first-order chi connectivity index (χ1) is 21.4. The molecule has 1 saturated heterocycles. The van der Waals surface area contributed by atoms with Crippen LogP contribution in [0, 0.1) is 0 Å². The monoisotopic (exact) mass is 615 g/mol. The number of para-hydroxylation sites is 2. The van der Waals surface area contributed by atoms with E-state index < -0.39 is 6.29 Å². The number of ether oxygens (including phenoxy) is 2. The number of anilines is 3. The predicted octanol–water partition coefficient (Wildman–Crippen LogP) is 5.58. The molecule has 1 fully saturated rings. The number of thioether (sulfide) groups is 1. The first kappa shape index (κ1) is 31.3. The van der Waals surface area contributed by atoms with Crippen LogP contribution in [0.25, 0.3) is 0 Å². The van der Waals surface area contributed by atoms with E-state index in [4.69, 9.17) is 15.2 Å². The Bertz CT molecular complexity index is 1540. The Balaban J connectivity index is 1.16. The van der Waals surface area contributed by atoms with E-state index in [1.54, 1.807) is 42.2 Å². The summed E-state index contributed by atoms with van der Waals surface area (Å²) in [7, 11) is 1.97. The zero-order valence-electron chi connectivity index (χ0n) is 24.5. The molecule has 1 aliphatic heterocycles. The summed E-state index contributed by atoms with van der Waals surface area (Å²) in [5.74, 6) is 0.348. The fraction of sp³-hybridized carbons (Fsp3) is 0.303. The average Bonchev–Trinajstić information content (AvgIpc) is 3.45. The molecule has 0 spiro atoms. The van der Waals surface area contributed by atoms with Gasteiger partial charge in [-0.1, -0.05) is 60.3 Å². The molecule has 0 unspecified atom stereocenters. The van der Waals surface area contributed by atoms with Gasteiger partial charge in [0.2, 0.25) is 11.8 Å². The summed E-state index contributed by atoms with van der Waals surface area (Å²) in [6.45, 7) is -0.0114. The number of hydrogen-bond donors (Lipinski definition) is 4. The lowest BCUT2D eigenvalue weighted by atomic mass is 10.0. The second-order valence-corrected chi connectivity index (χ2v) is 11.6. The van der Waals surface area contributed by atoms with Crippen molar-refractivity contribution in [2.45, 2.75) is 55.9 Å². The van der Waals surface area contributed by atoms with Gasteiger partial charge in [0, 0.05) is 55.7 Å². The molecule has 11 heteroatoms. The molecule has 1 aromatic heterocycles. The number of rotatable bonds is 12. The number of nitrogen functional groups attached to an aromatic ring is 1. The van der Waals surface area contributed by atoms with E-state index in [9.17, 15) is 14.7 Å². The summed E-state index contributed by atoms with van der Waals surface area (Å²) >= 11 is 1.64. The van der Waals surface area contributed by atoms with Crippen molar-refractivity contribution in [2.24, 2.45) is 7.05 Å². The van der Waals surface area contributed by atoms with Crippen LogP contribution in [0.4, 0.5) is 17.1 Å². The average molecular weight is 616 g/mol. The number of imidazole rings is 1. The molecule has 0 saturated carbocycles. The van der Waals surface area contributed by atoms with Gasteiger partial charge in [-0.2, -0.15) is 0 Å². The van der Waals surface area contributed by atoms with Gasteiger partial charge in [-0.25, -0.2) is 4.98 Å². The van der Waals surface area contributed by atoms with Crippen LogP contribution in [0.5, 0.6) is 0 Å². The van der Waals surface area contributed by atoms with E-state index in [1.807, 2.05) is 66.3 Å². The summed E-state index contributed by atoms with van der Waals surface area (Å²) in [6, 6.07) is 22.3. The van der Waals surface area contributed by atoms with Crippen LogP contribution >= 0.6 is 11.8 Å². The second-order valence-electron chi connectivity index (χ2n) is 10.6. The lowest BCUT2D eigenvalue weighted by Crippen LogP contribution is -2.31. The van der Waals surface area contributed by atoms with Crippen LogP contribution in [0.1, 0.15) is 54.8 Å². The van der Waals surface area contributed by atoms with Gasteiger partial charge in [0.25, 0.3) is 0 Å². The van der Waals surface area contributed by atoms with E-state index in [2.05, 4.69) is 15.6 Å². The third-order valence-corrected chi connectivity index (χ3v) is 8.49. The maximum Gasteiger partial charge on any atom is 0.224 e. The van der Waals surface area contributed by atoms with Crippen LogP contribution in [0.15, 0.2) is 90.3 Å². The minimum Gasteiger partial charge on any atom is -0.397 e. The number of nitrogens with zero attached hydrogens (tertiary/aromatic N) is 2. The van der Waals surface area contributed by atoms with Crippen molar-refractivity contribution in [2.75, 3.05) is 22.1 Å². The number of aliphatic hydroxyl groups excluding tert-OH is 1. The molecule has 230 valence electrons. The normalized spacial score (nSPS) is 18.1. The highest BCUT2D eigenvalue weighted by Crippen LogP contribution is 2.39. The number of aromatic nitrogens is 2. The van der Waals surface area contributed by atoms with Gasteiger partial charge in [0.05, 0.1) is 30.2 Å². The van der Waals surface area contributed by atoms with E-state index in [1.165, 1.54) is 0 Å². The standard InChI is InChI=1S/C33H37N5O5S/c1-38-18-17-35-33(38)44-21-26-19-29(23-11-9-22(20-39)10-12-23)43-32(42-26)24-13-15-25(16-14-24)36-30(40)7-4-8-31(41)37-28-6-3-2-5-27(28)34/h2-3,5-6,9-18,26,29,32,39H,4,7-8,19-21,34H2,1H3,(H,36,40)(H,37,41)/t26-,29+,32+/m0/s1. The van der Waals surface area contributed by atoms with Gasteiger partial charge in [-0.3, -0.25) is 9.59 Å². The summed E-state index contributed by atoms with van der Waals surface area (Å²) in [4.78, 5) is 29.2. The smallest absolute Gasteiger partial charge is 0.224 e. The molecule has 2 heterocycles. The number of benzene rings is 3. The summed E-state index contributed by atoms with van der Waals surface area (Å²) < 4.78 is 14.8. The number of carbonyl (C=O) groups is 2.